The van der Waals surface area contributed by atoms with Crippen molar-refractivity contribution >= 4 is 55.4 Å². The number of hydrogen-bond donors (Lipinski definition) is 0. The van der Waals surface area contributed by atoms with E-state index in [1.54, 1.807) is 0 Å². The van der Waals surface area contributed by atoms with Crippen LogP contribution >= 0.6 is 0 Å². The Bertz CT molecular complexity index is 2820. The van der Waals surface area contributed by atoms with Crippen molar-refractivity contribution in [3.63, 3.8) is 0 Å². The van der Waals surface area contributed by atoms with E-state index in [0.29, 0.717) is 0 Å². The molecule has 0 amide bonds. The Morgan fingerprint density at radius 2 is 0.882 bits per heavy atom. The van der Waals surface area contributed by atoms with E-state index in [-0.39, 0.29) is 6.71 Å². The fourth-order valence-corrected chi connectivity index (χ4v) is 8.58. The minimum Gasteiger partial charge on any atom is -0.458 e. The summed E-state index contributed by atoms with van der Waals surface area (Å²) in [6, 6.07) is 63.3. The van der Waals surface area contributed by atoms with Gasteiger partial charge in [-0.2, -0.15) is 0 Å². The highest BCUT2D eigenvalue weighted by atomic mass is 16.5. The van der Waals surface area contributed by atoms with Crippen LogP contribution in [0.5, 0.6) is 23.0 Å². The van der Waals surface area contributed by atoms with Gasteiger partial charge >= 0.3 is 0 Å². The van der Waals surface area contributed by atoms with Crippen LogP contribution in [0.3, 0.4) is 0 Å². The zero-order valence-electron chi connectivity index (χ0n) is 27.6. The Kier molecular flexibility index (Phi) is 6.08. The standard InChI is InChI=1S/C48H29BO2/c1-2-13-31-28-33(25-24-30(31)12-1)46-36-16-5-7-18-38(36)47(39-19-8-6-17-37(39)46)35-15-4-3-14-34(35)32-26-27-43-41(29-32)49-40-20-9-10-21-42(40)50-44-22-11-23-45(51-43)48(44)49/h1-29H. The molecule has 0 bridgehead atoms. The Hall–Kier alpha value is -6.58. The van der Waals surface area contributed by atoms with Crippen molar-refractivity contribution in [3.8, 4) is 56.4 Å². The highest BCUT2D eigenvalue weighted by molar-refractivity contribution is 6.98. The first kappa shape index (κ1) is 28.3. The Morgan fingerprint density at radius 1 is 0.333 bits per heavy atom. The second-order valence-corrected chi connectivity index (χ2v) is 13.5. The second kappa shape index (κ2) is 11.0. The van der Waals surface area contributed by atoms with Crippen molar-refractivity contribution in [3.05, 3.63) is 176 Å². The number of hydrogen-bond acceptors (Lipinski definition) is 2. The summed E-state index contributed by atoms with van der Waals surface area (Å²) < 4.78 is 13.0. The van der Waals surface area contributed by atoms with Crippen molar-refractivity contribution in [1.82, 2.24) is 0 Å². The van der Waals surface area contributed by atoms with Crippen LogP contribution in [0.4, 0.5) is 0 Å². The molecule has 0 aliphatic carbocycles. The molecule has 0 saturated carbocycles. The molecule has 2 aliphatic heterocycles. The van der Waals surface area contributed by atoms with Crippen molar-refractivity contribution in [2.45, 2.75) is 0 Å². The first-order valence-corrected chi connectivity index (χ1v) is 17.5. The van der Waals surface area contributed by atoms with Gasteiger partial charge < -0.3 is 9.47 Å². The maximum atomic E-state index is 6.56. The fraction of sp³-hybridized carbons (Fsp3) is 0. The van der Waals surface area contributed by atoms with Gasteiger partial charge in [-0.05, 0) is 107 Å². The van der Waals surface area contributed by atoms with E-state index >= 15 is 0 Å². The molecule has 0 radical (unpaired) electrons. The van der Waals surface area contributed by atoms with Crippen LogP contribution in [0.15, 0.2) is 176 Å². The average molecular weight is 649 g/mol. The molecule has 9 aromatic carbocycles. The van der Waals surface area contributed by atoms with Gasteiger partial charge in [-0.1, -0.05) is 146 Å². The van der Waals surface area contributed by atoms with Crippen LogP contribution in [0.1, 0.15) is 0 Å². The van der Waals surface area contributed by atoms with Crippen LogP contribution < -0.4 is 25.9 Å². The zero-order chi connectivity index (χ0) is 33.5. The number of benzene rings is 9. The molecule has 3 heteroatoms. The number of rotatable bonds is 3. The first-order chi connectivity index (χ1) is 25.3. The third-order valence-electron chi connectivity index (χ3n) is 10.8. The van der Waals surface area contributed by atoms with Crippen molar-refractivity contribution in [1.29, 1.82) is 0 Å². The number of para-hydroxylation sites is 1. The lowest BCUT2D eigenvalue weighted by Gasteiger charge is -2.33. The van der Waals surface area contributed by atoms with Crippen LogP contribution in [0, 0.1) is 0 Å². The van der Waals surface area contributed by atoms with Gasteiger partial charge in [0.15, 0.2) is 0 Å². The highest BCUT2D eigenvalue weighted by Crippen LogP contribution is 2.46. The molecule has 0 aromatic heterocycles. The summed E-state index contributed by atoms with van der Waals surface area (Å²) in [7, 11) is 0. The minimum absolute atomic E-state index is 0.0138. The van der Waals surface area contributed by atoms with Gasteiger partial charge in [0, 0.05) is 5.46 Å². The van der Waals surface area contributed by atoms with E-state index in [1.807, 2.05) is 24.3 Å². The Balaban J connectivity index is 1.14. The molecule has 0 unspecified atom stereocenters. The van der Waals surface area contributed by atoms with Crippen molar-refractivity contribution in [2.75, 3.05) is 0 Å². The fourth-order valence-electron chi connectivity index (χ4n) is 8.58. The SMILES string of the molecule is c1ccc2c(c1)Oc1cccc3c1B2c1cc(-c2ccccc2-c2c4ccccc4c(-c4ccc5ccccc5c4)c4ccccc24)ccc1O3. The van der Waals surface area contributed by atoms with Gasteiger partial charge in [0.05, 0.1) is 0 Å². The summed E-state index contributed by atoms with van der Waals surface area (Å²) >= 11 is 0. The maximum Gasteiger partial charge on any atom is 0.260 e. The largest absolute Gasteiger partial charge is 0.458 e. The quantitative estimate of drug-likeness (QED) is 0.140. The molecule has 0 atom stereocenters. The summed E-state index contributed by atoms with van der Waals surface area (Å²) in [4.78, 5) is 0. The molecule has 9 aromatic rings. The minimum atomic E-state index is 0.0138. The average Bonchev–Trinajstić information content (AvgIpc) is 3.19. The van der Waals surface area contributed by atoms with E-state index < -0.39 is 0 Å². The normalized spacial score (nSPS) is 12.6. The predicted molar refractivity (Wildman–Crippen MR) is 213 cm³/mol. The van der Waals surface area contributed by atoms with Gasteiger partial charge in [0.1, 0.15) is 23.0 Å². The van der Waals surface area contributed by atoms with Crippen LogP contribution in [0.25, 0.3) is 65.7 Å². The van der Waals surface area contributed by atoms with Crippen LogP contribution in [0.2, 0.25) is 0 Å². The molecule has 2 aliphatic rings. The topological polar surface area (TPSA) is 18.5 Å². The van der Waals surface area contributed by atoms with Crippen LogP contribution in [-0.2, 0) is 0 Å². The van der Waals surface area contributed by atoms with E-state index in [4.69, 9.17) is 9.47 Å². The van der Waals surface area contributed by atoms with Gasteiger partial charge in [0.2, 0.25) is 0 Å². The molecular weight excluding hydrogens is 619 g/mol. The van der Waals surface area contributed by atoms with Crippen LogP contribution in [-0.4, -0.2) is 6.71 Å². The summed E-state index contributed by atoms with van der Waals surface area (Å²) in [5, 5.41) is 7.47. The molecule has 11 rings (SSSR count). The smallest absolute Gasteiger partial charge is 0.260 e. The van der Waals surface area contributed by atoms with E-state index in [2.05, 4.69) is 152 Å². The van der Waals surface area contributed by atoms with E-state index in [9.17, 15) is 0 Å². The molecule has 0 saturated heterocycles. The van der Waals surface area contributed by atoms with E-state index in [1.165, 1.54) is 60.1 Å². The van der Waals surface area contributed by atoms with Crippen molar-refractivity contribution in [2.24, 2.45) is 0 Å². The number of fused-ring (bicyclic) bond motifs is 7. The molecule has 0 spiro atoms. The second-order valence-electron chi connectivity index (χ2n) is 13.5. The van der Waals surface area contributed by atoms with Crippen molar-refractivity contribution < 1.29 is 9.47 Å². The number of ether oxygens (including phenoxy) is 2. The summed E-state index contributed by atoms with van der Waals surface area (Å²) in [6.07, 6.45) is 0. The zero-order valence-corrected chi connectivity index (χ0v) is 27.6. The Labute approximate surface area is 296 Å². The van der Waals surface area contributed by atoms with Gasteiger partial charge in [-0.3, -0.25) is 0 Å². The monoisotopic (exact) mass is 648 g/mol. The first-order valence-electron chi connectivity index (χ1n) is 17.5. The third-order valence-corrected chi connectivity index (χ3v) is 10.8. The molecule has 236 valence electrons. The third kappa shape index (κ3) is 4.25. The molecule has 51 heavy (non-hydrogen) atoms. The van der Waals surface area contributed by atoms with E-state index in [0.717, 1.165) is 44.9 Å². The summed E-state index contributed by atoms with van der Waals surface area (Å²) in [6.45, 7) is 0.0138. The predicted octanol–water partition coefficient (Wildman–Crippen LogP) is 10.9. The molecule has 0 fully saturated rings. The summed E-state index contributed by atoms with van der Waals surface area (Å²) in [5.74, 6) is 3.50. The van der Waals surface area contributed by atoms with Gasteiger partial charge in [0.25, 0.3) is 6.71 Å². The molecule has 2 heterocycles. The lowest BCUT2D eigenvalue weighted by molar-refractivity contribution is 0.464. The highest BCUT2D eigenvalue weighted by Gasteiger charge is 2.40. The van der Waals surface area contributed by atoms with Gasteiger partial charge in [-0.25, -0.2) is 0 Å². The molecule has 0 N–H and O–H groups in total. The lowest BCUT2D eigenvalue weighted by atomic mass is 9.35. The van der Waals surface area contributed by atoms with Gasteiger partial charge in [-0.15, -0.1) is 0 Å². The lowest BCUT2D eigenvalue weighted by Crippen LogP contribution is -2.57. The summed E-state index contributed by atoms with van der Waals surface area (Å²) in [5.41, 5.74) is 10.7. The maximum absolute atomic E-state index is 6.56. The molecular formula is C48H29BO2. The molecule has 2 nitrogen and oxygen atoms in total. The Morgan fingerprint density at radius 3 is 1.63 bits per heavy atom.